The van der Waals surface area contributed by atoms with Gasteiger partial charge in [0.05, 0.1) is 5.02 Å². The zero-order valence-corrected chi connectivity index (χ0v) is 13.2. The number of hydrogen-bond donors (Lipinski definition) is 1. The summed E-state index contributed by atoms with van der Waals surface area (Å²) in [5.74, 6) is -0.0327. The monoisotopic (exact) mass is 305 g/mol. The second-order valence-electron chi connectivity index (χ2n) is 5.34. The Balaban J connectivity index is 2.19. The van der Waals surface area contributed by atoms with Gasteiger partial charge in [0, 0.05) is 6.04 Å². The van der Waals surface area contributed by atoms with E-state index in [2.05, 4.69) is 31.3 Å². The largest absolute Gasteiger partial charge is 0.310 e. The summed E-state index contributed by atoms with van der Waals surface area (Å²) in [5.41, 5.74) is 1.91. The maximum Gasteiger partial charge on any atom is 0.144 e. The van der Waals surface area contributed by atoms with E-state index in [9.17, 15) is 4.39 Å². The van der Waals surface area contributed by atoms with Crippen molar-refractivity contribution in [3.8, 4) is 0 Å². The summed E-state index contributed by atoms with van der Waals surface area (Å²) >= 11 is 5.86. The second kappa shape index (κ2) is 7.58. The lowest BCUT2D eigenvalue weighted by Gasteiger charge is -2.25. The molecule has 0 aliphatic heterocycles. The molecule has 0 amide bonds. The van der Waals surface area contributed by atoms with Gasteiger partial charge in [0.25, 0.3) is 0 Å². The average molecular weight is 306 g/mol. The second-order valence-corrected chi connectivity index (χ2v) is 5.75. The van der Waals surface area contributed by atoms with Crippen molar-refractivity contribution < 1.29 is 4.39 Å². The van der Waals surface area contributed by atoms with Crippen LogP contribution >= 0.6 is 11.6 Å². The highest BCUT2D eigenvalue weighted by molar-refractivity contribution is 6.30. The molecular formula is C18H21ClFN. The Hall–Kier alpha value is -1.38. The van der Waals surface area contributed by atoms with Gasteiger partial charge in [0.1, 0.15) is 5.82 Å². The van der Waals surface area contributed by atoms with Gasteiger partial charge in [0.2, 0.25) is 0 Å². The van der Waals surface area contributed by atoms with E-state index in [-0.39, 0.29) is 22.8 Å². The molecule has 0 saturated heterocycles. The normalized spacial score (nSPS) is 13.9. The summed E-state index contributed by atoms with van der Waals surface area (Å²) < 4.78 is 14.1. The zero-order chi connectivity index (χ0) is 15.2. The van der Waals surface area contributed by atoms with E-state index in [0.29, 0.717) is 12.0 Å². The zero-order valence-electron chi connectivity index (χ0n) is 12.4. The molecule has 0 spiro atoms. The smallest absolute Gasteiger partial charge is 0.144 e. The van der Waals surface area contributed by atoms with Crippen LogP contribution in [0.1, 0.15) is 31.0 Å². The average Bonchev–Trinajstić information content (AvgIpc) is 2.50. The first-order valence-corrected chi connectivity index (χ1v) is 7.72. The maximum absolute atomic E-state index is 14.1. The molecule has 0 aliphatic rings. The third-order valence-electron chi connectivity index (χ3n) is 3.73. The lowest BCUT2D eigenvalue weighted by atomic mass is 9.89. The third-order valence-corrected chi connectivity index (χ3v) is 4.02. The molecule has 0 saturated carbocycles. The minimum atomic E-state index is -0.297. The molecule has 0 radical (unpaired) electrons. The molecule has 1 nitrogen and oxygen atoms in total. The van der Waals surface area contributed by atoms with Crippen LogP contribution in [0.3, 0.4) is 0 Å². The van der Waals surface area contributed by atoms with Crippen molar-refractivity contribution in [1.29, 1.82) is 0 Å². The van der Waals surface area contributed by atoms with Gasteiger partial charge in [-0.05, 0) is 36.1 Å². The van der Waals surface area contributed by atoms with Crippen molar-refractivity contribution in [1.82, 2.24) is 5.32 Å². The first-order chi connectivity index (χ1) is 10.1. The third kappa shape index (κ3) is 4.05. The van der Waals surface area contributed by atoms with Gasteiger partial charge in [0.15, 0.2) is 0 Å². The molecule has 21 heavy (non-hydrogen) atoms. The molecule has 2 aromatic carbocycles. The van der Waals surface area contributed by atoms with Crippen molar-refractivity contribution in [3.05, 3.63) is 70.5 Å². The topological polar surface area (TPSA) is 12.0 Å². The van der Waals surface area contributed by atoms with Gasteiger partial charge in [-0.2, -0.15) is 0 Å². The molecule has 0 fully saturated rings. The van der Waals surface area contributed by atoms with Crippen LogP contribution in [0, 0.1) is 11.7 Å². The van der Waals surface area contributed by atoms with E-state index in [1.165, 1.54) is 5.56 Å². The summed E-state index contributed by atoms with van der Waals surface area (Å²) in [7, 11) is 0. The maximum atomic E-state index is 14.1. The van der Waals surface area contributed by atoms with Crippen LogP contribution in [0.25, 0.3) is 0 Å². The van der Waals surface area contributed by atoms with Crippen LogP contribution in [-0.4, -0.2) is 6.54 Å². The molecule has 0 aliphatic carbocycles. The summed E-state index contributed by atoms with van der Waals surface area (Å²) in [6.07, 6.45) is 0.652. The van der Waals surface area contributed by atoms with Gasteiger partial charge in [-0.3, -0.25) is 0 Å². The lowest BCUT2D eigenvalue weighted by molar-refractivity contribution is 0.387. The summed E-state index contributed by atoms with van der Waals surface area (Å²) in [6, 6.07) is 15.7. The van der Waals surface area contributed by atoms with Crippen LogP contribution in [0.2, 0.25) is 5.02 Å². The van der Waals surface area contributed by atoms with Crippen molar-refractivity contribution in [3.63, 3.8) is 0 Å². The molecule has 0 heterocycles. The van der Waals surface area contributed by atoms with Crippen LogP contribution in [0.5, 0.6) is 0 Å². The van der Waals surface area contributed by atoms with Crippen LogP contribution < -0.4 is 5.32 Å². The van der Waals surface area contributed by atoms with Gasteiger partial charge >= 0.3 is 0 Å². The van der Waals surface area contributed by atoms with Crippen molar-refractivity contribution in [2.24, 2.45) is 5.92 Å². The summed E-state index contributed by atoms with van der Waals surface area (Å²) in [5, 5.41) is 3.69. The van der Waals surface area contributed by atoms with Crippen molar-refractivity contribution >= 4 is 11.6 Å². The number of benzene rings is 2. The molecule has 0 bridgehead atoms. The van der Waals surface area contributed by atoms with Crippen molar-refractivity contribution in [2.45, 2.75) is 26.3 Å². The summed E-state index contributed by atoms with van der Waals surface area (Å²) in [4.78, 5) is 0. The Labute approximate surface area is 131 Å². The van der Waals surface area contributed by atoms with E-state index >= 15 is 0 Å². The van der Waals surface area contributed by atoms with Crippen molar-refractivity contribution in [2.75, 3.05) is 6.54 Å². The first-order valence-electron chi connectivity index (χ1n) is 7.34. The standard InChI is InChI=1S/C18H21ClFN/c1-3-21-18(14-8-5-4-6-9-14)13(2)12-15-10-7-11-16(19)17(15)20/h4-11,13,18,21H,3,12H2,1-2H3. The van der Waals surface area contributed by atoms with E-state index in [1.807, 2.05) is 24.3 Å². The highest BCUT2D eigenvalue weighted by atomic mass is 35.5. The van der Waals surface area contributed by atoms with E-state index < -0.39 is 0 Å². The molecule has 2 aromatic rings. The minimum Gasteiger partial charge on any atom is -0.310 e. The molecular weight excluding hydrogens is 285 g/mol. The molecule has 112 valence electrons. The predicted molar refractivity (Wildman–Crippen MR) is 87.1 cm³/mol. The molecule has 3 heteroatoms. The Morgan fingerprint density at radius 3 is 2.48 bits per heavy atom. The first kappa shape index (κ1) is 16.0. The van der Waals surface area contributed by atoms with Crippen LogP contribution in [-0.2, 0) is 6.42 Å². The SMILES string of the molecule is CCNC(c1ccccc1)C(C)Cc1cccc(Cl)c1F. The minimum absolute atomic E-state index is 0.194. The number of hydrogen-bond acceptors (Lipinski definition) is 1. The molecule has 0 aromatic heterocycles. The Bertz CT molecular complexity index is 571. The molecule has 1 N–H and O–H groups in total. The van der Waals surface area contributed by atoms with Gasteiger partial charge in [-0.1, -0.05) is 67.9 Å². The number of halogens is 2. The highest BCUT2D eigenvalue weighted by Gasteiger charge is 2.20. The lowest BCUT2D eigenvalue weighted by Crippen LogP contribution is -2.28. The number of nitrogens with one attached hydrogen (secondary N) is 1. The fourth-order valence-corrected chi connectivity index (χ4v) is 2.89. The Morgan fingerprint density at radius 1 is 1.10 bits per heavy atom. The van der Waals surface area contributed by atoms with Gasteiger partial charge < -0.3 is 5.32 Å². The molecule has 2 atom stereocenters. The predicted octanol–water partition coefficient (Wildman–Crippen LogP) is 5.01. The summed E-state index contributed by atoms with van der Waals surface area (Å²) in [6.45, 7) is 5.10. The Kier molecular flexibility index (Phi) is 5.77. The quantitative estimate of drug-likeness (QED) is 0.791. The van der Waals surface area contributed by atoms with Crippen LogP contribution in [0.4, 0.5) is 4.39 Å². The molecule has 2 rings (SSSR count). The van der Waals surface area contributed by atoms with Crippen LogP contribution in [0.15, 0.2) is 48.5 Å². The molecule has 2 unspecified atom stereocenters. The van der Waals surface area contributed by atoms with Gasteiger partial charge in [-0.25, -0.2) is 4.39 Å². The van der Waals surface area contributed by atoms with E-state index in [4.69, 9.17) is 11.6 Å². The van der Waals surface area contributed by atoms with E-state index in [1.54, 1.807) is 12.1 Å². The highest BCUT2D eigenvalue weighted by Crippen LogP contribution is 2.27. The van der Waals surface area contributed by atoms with Gasteiger partial charge in [-0.15, -0.1) is 0 Å². The fraction of sp³-hybridized carbons (Fsp3) is 0.333. The fourth-order valence-electron chi connectivity index (χ4n) is 2.70. The van der Waals surface area contributed by atoms with E-state index in [0.717, 1.165) is 6.54 Å². The number of rotatable bonds is 6. The Morgan fingerprint density at radius 2 is 1.81 bits per heavy atom.